The Morgan fingerprint density at radius 3 is 1.56 bits per heavy atom. The van der Waals surface area contributed by atoms with E-state index in [1.165, 1.54) is 37.2 Å². The van der Waals surface area contributed by atoms with Gasteiger partial charge in [-0.25, -0.2) is 0 Å². The quantitative estimate of drug-likeness (QED) is 0.635. The molecule has 0 aromatic heterocycles. The number of hydrogen-bond acceptors (Lipinski definition) is 4. The van der Waals surface area contributed by atoms with Gasteiger partial charge >= 0.3 is 0 Å². The lowest BCUT2D eigenvalue weighted by atomic mass is 9.98. The third-order valence-corrected chi connectivity index (χ3v) is 12.3. The first-order valence-electron chi connectivity index (χ1n) is 6.29. The first-order chi connectivity index (χ1) is 7.66. The number of hydrogen-bond donors (Lipinski definition) is 0. The monoisotopic (exact) mass is 292 g/mol. The van der Waals surface area contributed by atoms with Crippen LogP contribution in [0.15, 0.2) is 0 Å². The van der Waals surface area contributed by atoms with Crippen molar-refractivity contribution in [2.75, 3.05) is 11.5 Å². The van der Waals surface area contributed by atoms with Gasteiger partial charge in [0.25, 0.3) is 0 Å². The largest absolute Gasteiger partial charge is 0.141 e. The maximum Gasteiger partial charge on any atom is 0.0851 e. The number of fused-ring (bicyclic) bond motifs is 1. The van der Waals surface area contributed by atoms with E-state index in [2.05, 4.69) is 60.9 Å². The summed E-state index contributed by atoms with van der Waals surface area (Å²) < 4.78 is 1.12. The SMILES string of the molecule is CC1CSC2(CCCCC23SCC(C)S3)S1. The summed E-state index contributed by atoms with van der Waals surface area (Å²) in [6.07, 6.45) is 5.84. The van der Waals surface area contributed by atoms with E-state index in [1.807, 2.05) is 0 Å². The van der Waals surface area contributed by atoms with E-state index in [0.717, 1.165) is 10.5 Å². The minimum Gasteiger partial charge on any atom is -0.141 e. The van der Waals surface area contributed by atoms with Crippen molar-refractivity contribution < 1.29 is 0 Å². The van der Waals surface area contributed by atoms with Crippen LogP contribution in [0.3, 0.4) is 0 Å². The normalized spacial score (nSPS) is 52.9. The number of rotatable bonds is 0. The molecule has 92 valence electrons. The van der Waals surface area contributed by atoms with Gasteiger partial charge in [-0.3, -0.25) is 0 Å². The van der Waals surface area contributed by atoms with Crippen LogP contribution in [0.5, 0.6) is 0 Å². The predicted molar refractivity (Wildman–Crippen MR) is 83.0 cm³/mol. The Morgan fingerprint density at radius 2 is 1.25 bits per heavy atom. The third kappa shape index (κ3) is 1.86. The molecular weight excluding hydrogens is 272 g/mol. The summed E-state index contributed by atoms with van der Waals surface area (Å²) in [7, 11) is 0. The topological polar surface area (TPSA) is 0 Å². The first-order valence-corrected chi connectivity index (χ1v) is 10.0. The fourth-order valence-corrected chi connectivity index (χ4v) is 11.8. The summed E-state index contributed by atoms with van der Waals surface area (Å²) in [5.74, 6) is 2.75. The van der Waals surface area contributed by atoms with E-state index in [1.54, 1.807) is 0 Å². The third-order valence-electron chi connectivity index (χ3n) is 3.73. The second kappa shape index (κ2) is 4.50. The fourth-order valence-electron chi connectivity index (χ4n) is 3.05. The summed E-state index contributed by atoms with van der Waals surface area (Å²) in [6.45, 7) is 4.84. The molecule has 0 N–H and O–H groups in total. The van der Waals surface area contributed by atoms with Gasteiger partial charge in [-0.2, -0.15) is 0 Å². The van der Waals surface area contributed by atoms with Crippen molar-refractivity contribution in [2.24, 2.45) is 0 Å². The lowest BCUT2D eigenvalue weighted by Crippen LogP contribution is -2.44. The molecule has 0 aromatic rings. The highest BCUT2D eigenvalue weighted by Gasteiger charge is 2.60. The van der Waals surface area contributed by atoms with Gasteiger partial charge in [-0.05, 0) is 12.8 Å². The Labute approximate surface area is 116 Å². The van der Waals surface area contributed by atoms with Crippen LogP contribution in [0.2, 0.25) is 0 Å². The second-order valence-electron chi connectivity index (χ2n) is 5.19. The van der Waals surface area contributed by atoms with Crippen LogP contribution in [-0.4, -0.2) is 30.2 Å². The van der Waals surface area contributed by atoms with Crippen LogP contribution in [0, 0.1) is 0 Å². The van der Waals surface area contributed by atoms with Gasteiger partial charge in [-0.1, -0.05) is 26.7 Å². The Kier molecular flexibility index (Phi) is 3.50. The molecular formula is C12H20S4. The summed E-state index contributed by atoms with van der Waals surface area (Å²) in [6, 6.07) is 0. The Morgan fingerprint density at radius 1 is 0.812 bits per heavy atom. The predicted octanol–water partition coefficient (Wildman–Crippen LogP) is 4.69. The molecule has 4 atom stereocenters. The van der Waals surface area contributed by atoms with E-state index in [0.29, 0.717) is 8.16 Å². The minimum atomic E-state index is 0.560. The lowest BCUT2D eigenvalue weighted by molar-refractivity contribution is 0.481. The molecule has 0 amide bonds. The molecule has 1 saturated carbocycles. The average Bonchev–Trinajstić information content (AvgIpc) is 2.79. The van der Waals surface area contributed by atoms with Gasteiger partial charge in [0.05, 0.1) is 8.16 Å². The van der Waals surface area contributed by atoms with E-state index in [-0.39, 0.29) is 0 Å². The van der Waals surface area contributed by atoms with Crippen LogP contribution >= 0.6 is 47.0 Å². The molecule has 4 unspecified atom stereocenters. The average molecular weight is 293 g/mol. The summed E-state index contributed by atoms with van der Waals surface area (Å²) in [4.78, 5) is 0. The van der Waals surface area contributed by atoms with E-state index < -0.39 is 0 Å². The highest BCUT2D eigenvalue weighted by Crippen LogP contribution is 2.70. The molecule has 3 fully saturated rings. The summed E-state index contributed by atoms with van der Waals surface area (Å²) in [5.41, 5.74) is 0. The van der Waals surface area contributed by atoms with Crippen molar-refractivity contribution in [3.63, 3.8) is 0 Å². The molecule has 2 heterocycles. The zero-order valence-corrected chi connectivity index (χ0v) is 13.3. The maximum atomic E-state index is 2.42. The lowest BCUT2D eigenvalue weighted by Gasteiger charge is -2.47. The van der Waals surface area contributed by atoms with Crippen molar-refractivity contribution >= 4 is 47.0 Å². The molecule has 4 heteroatoms. The van der Waals surface area contributed by atoms with E-state index in [9.17, 15) is 0 Å². The minimum absolute atomic E-state index is 0.560. The van der Waals surface area contributed by atoms with Gasteiger partial charge in [0.1, 0.15) is 0 Å². The molecule has 16 heavy (non-hydrogen) atoms. The summed E-state index contributed by atoms with van der Waals surface area (Å²) >= 11 is 9.20. The van der Waals surface area contributed by atoms with Crippen molar-refractivity contribution in [1.29, 1.82) is 0 Å². The van der Waals surface area contributed by atoms with Crippen molar-refractivity contribution in [3.8, 4) is 0 Å². The van der Waals surface area contributed by atoms with Crippen LogP contribution in [0.25, 0.3) is 0 Å². The van der Waals surface area contributed by atoms with Crippen molar-refractivity contribution in [1.82, 2.24) is 0 Å². The summed E-state index contributed by atoms with van der Waals surface area (Å²) in [5, 5.41) is 1.74. The van der Waals surface area contributed by atoms with Crippen molar-refractivity contribution in [2.45, 2.75) is 58.2 Å². The van der Waals surface area contributed by atoms with Crippen LogP contribution in [0.1, 0.15) is 39.5 Å². The molecule has 3 aliphatic rings. The zero-order chi connectivity index (χ0) is 11.2. The smallest absolute Gasteiger partial charge is 0.0851 e. The van der Waals surface area contributed by atoms with E-state index >= 15 is 0 Å². The molecule has 2 aliphatic heterocycles. The zero-order valence-electron chi connectivity index (χ0n) is 10.0. The second-order valence-corrected chi connectivity index (χ2v) is 11.8. The van der Waals surface area contributed by atoms with Gasteiger partial charge in [0.15, 0.2) is 0 Å². The fraction of sp³-hybridized carbons (Fsp3) is 1.00. The maximum absolute atomic E-state index is 2.42. The van der Waals surface area contributed by atoms with Crippen LogP contribution in [0.4, 0.5) is 0 Å². The molecule has 0 bridgehead atoms. The van der Waals surface area contributed by atoms with Gasteiger partial charge in [0, 0.05) is 22.0 Å². The first kappa shape index (κ1) is 12.4. The molecule has 0 radical (unpaired) electrons. The highest BCUT2D eigenvalue weighted by molar-refractivity contribution is 8.28. The Hall–Kier alpha value is 1.40. The number of thioether (sulfide) groups is 4. The Balaban J connectivity index is 1.89. The molecule has 1 aliphatic carbocycles. The molecule has 0 nitrogen and oxygen atoms in total. The molecule has 0 aromatic carbocycles. The van der Waals surface area contributed by atoms with Crippen molar-refractivity contribution in [3.05, 3.63) is 0 Å². The van der Waals surface area contributed by atoms with Gasteiger partial charge < -0.3 is 0 Å². The van der Waals surface area contributed by atoms with Crippen LogP contribution < -0.4 is 0 Å². The van der Waals surface area contributed by atoms with Gasteiger partial charge in [0.2, 0.25) is 0 Å². The molecule has 3 rings (SSSR count). The molecule has 2 spiro atoms. The standard InChI is InChI=1S/C12H20S4/c1-9-7-13-11(15-9)5-3-4-6-12(11)14-8-10(2)16-12/h9-10H,3-8H2,1-2H3. The van der Waals surface area contributed by atoms with E-state index in [4.69, 9.17) is 0 Å². The Bertz CT molecular complexity index is 246. The van der Waals surface area contributed by atoms with Crippen LogP contribution in [-0.2, 0) is 0 Å². The highest BCUT2D eigenvalue weighted by atomic mass is 32.2. The molecule has 2 saturated heterocycles. The van der Waals surface area contributed by atoms with Gasteiger partial charge in [-0.15, -0.1) is 47.0 Å².